The topological polar surface area (TPSA) is 58.6 Å². The smallest absolute Gasteiger partial charge is 0.255 e. The molecule has 0 spiro atoms. The maximum Gasteiger partial charge on any atom is 0.255 e. The average Bonchev–Trinajstić information content (AvgIpc) is 2.81. The second kappa shape index (κ2) is 9.95. The SMILES string of the molecule is Cc1cc(C(=O)Nc2ccc(F)c(N3CCN(C)CC3)c2)ccc1-c1ccc([S+](C)[O-])cc1. The number of amides is 1. The first-order valence-corrected chi connectivity index (χ1v) is 12.5. The molecule has 0 aliphatic carbocycles. The third kappa shape index (κ3) is 5.38. The molecule has 1 N–H and O–H groups in total. The van der Waals surface area contributed by atoms with Crippen LogP contribution in [0, 0.1) is 12.7 Å². The first kappa shape index (κ1) is 23.3. The molecular formula is C26H28FN3O2S. The number of aryl methyl sites for hydroxylation is 1. The molecule has 0 bridgehead atoms. The first-order valence-electron chi connectivity index (χ1n) is 10.9. The van der Waals surface area contributed by atoms with E-state index in [0.29, 0.717) is 16.9 Å². The number of carbonyl (C=O) groups is 1. The fraction of sp³-hybridized carbons (Fsp3) is 0.269. The highest BCUT2D eigenvalue weighted by atomic mass is 32.2. The van der Waals surface area contributed by atoms with E-state index in [-0.39, 0.29) is 11.7 Å². The fourth-order valence-corrected chi connectivity index (χ4v) is 4.56. The van der Waals surface area contributed by atoms with Gasteiger partial charge in [-0.05, 0) is 96.4 Å². The molecule has 1 heterocycles. The highest BCUT2D eigenvalue weighted by Gasteiger charge is 2.18. The van der Waals surface area contributed by atoms with Gasteiger partial charge in [-0.2, -0.15) is 0 Å². The minimum Gasteiger partial charge on any atom is -0.612 e. The van der Waals surface area contributed by atoms with Gasteiger partial charge in [0.25, 0.3) is 5.91 Å². The molecule has 1 aliphatic rings. The maximum atomic E-state index is 14.5. The number of halogens is 1. The van der Waals surface area contributed by atoms with Gasteiger partial charge in [0, 0.05) is 37.4 Å². The third-order valence-electron chi connectivity index (χ3n) is 6.03. The molecule has 0 radical (unpaired) electrons. The Labute approximate surface area is 197 Å². The zero-order valence-corrected chi connectivity index (χ0v) is 19.9. The average molecular weight is 466 g/mol. The van der Waals surface area contributed by atoms with Crippen LogP contribution >= 0.6 is 0 Å². The monoisotopic (exact) mass is 465 g/mol. The molecule has 172 valence electrons. The Morgan fingerprint density at radius 3 is 2.33 bits per heavy atom. The number of rotatable bonds is 5. The van der Waals surface area contributed by atoms with Crippen LogP contribution in [0.4, 0.5) is 15.8 Å². The van der Waals surface area contributed by atoms with Crippen LogP contribution in [0.25, 0.3) is 11.1 Å². The van der Waals surface area contributed by atoms with Gasteiger partial charge in [0.1, 0.15) is 12.1 Å². The summed E-state index contributed by atoms with van der Waals surface area (Å²) in [4.78, 5) is 17.9. The molecule has 3 aromatic rings. The summed E-state index contributed by atoms with van der Waals surface area (Å²) in [6.45, 7) is 5.21. The van der Waals surface area contributed by atoms with Crippen LogP contribution in [0.2, 0.25) is 0 Å². The van der Waals surface area contributed by atoms with Crippen molar-refractivity contribution in [1.29, 1.82) is 0 Å². The summed E-state index contributed by atoms with van der Waals surface area (Å²) in [5.41, 5.74) is 4.60. The molecule has 1 fully saturated rings. The summed E-state index contributed by atoms with van der Waals surface area (Å²) in [7, 11) is 2.06. The molecule has 5 nitrogen and oxygen atoms in total. The van der Waals surface area contributed by atoms with Crippen LogP contribution in [-0.2, 0) is 11.2 Å². The molecule has 0 saturated carbocycles. The van der Waals surface area contributed by atoms with Crippen molar-refractivity contribution >= 4 is 28.5 Å². The number of hydrogen-bond acceptors (Lipinski definition) is 4. The number of anilines is 2. The predicted molar refractivity (Wildman–Crippen MR) is 133 cm³/mol. The Morgan fingerprint density at radius 2 is 1.70 bits per heavy atom. The van der Waals surface area contributed by atoms with Gasteiger partial charge < -0.3 is 19.7 Å². The normalized spacial score (nSPS) is 15.4. The lowest BCUT2D eigenvalue weighted by atomic mass is 9.98. The molecule has 1 unspecified atom stereocenters. The Hall–Kier alpha value is -2.87. The summed E-state index contributed by atoms with van der Waals surface area (Å²) in [5, 5.41) is 2.90. The number of nitrogens with one attached hydrogen (secondary N) is 1. The zero-order chi connectivity index (χ0) is 23.5. The van der Waals surface area contributed by atoms with Gasteiger partial charge in [-0.3, -0.25) is 4.79 Å². The van der Waals surface area contributed by atoms with E-state index in [1.807, 2.05) is 48.2 Å². The summed E-state index contributed by atoms with van der Waals surface area (Å²) in [6, 6.07) is 17.9. The van der Waals surface area contributed by atoms with E-state index in [1.54, 1.807) is 24.5 Å². The van der Waals surface area contributed by atoms with E-state index >= 15 is 0 Å². The van der Waals surface area contributed by atoms with Crippen LogP contribution in [-0.4, -0.2) is 54.8 Å². The highest BCUT2D eigenvalue weighted by Crippen LogP contribution is 2.27. The van der Waals surface area contributed by atoms with Crippen LogP contribution in [0.15, 0.2) is 65.6 Å². The van der Waals surface area contributed by atoms with E-state index in [0.717, 1.165) is 47.8 Å². The van der Waals surface area contributed by atoms with Crippen molar-refractivity contribution in [2.45, 2.75) is 11.8 Å². The Bertz CT molecular complexity index is 1140. The van der Waals surface area contributed by atoms with Crippen molar-refractivity contribution in [3.05, 3.63) is 77.6 Å². The summed E-state index contributed by atoms with van der Waals surface area (Å²) >= 11 is -1.02. The number of nitrogens with zero attached hydrogens (tertiary/aromatic N) is 2. The predicted octanol–water partition coefficient (Wildman–Crippen LogP) is 4.54. The third-order valence-corrected chi connectivity index (χ3v) is 6.97. The molecule has 1 saturated heterocycles. The lowest BCUT2D eigenvalue weighted by molar-refractivity contribution is 0.102. The minimum atomic E-state index is -1.02. The van der Waals surface area contributed by atoms with Crippen molar-refractivity contribution in [2.24, 2.45) is 0 Å². The second-order valence-corrected chi connectivity index (χ2v) is 9.80. The lowest BCUT2D eigenvalue weighted by Gasteiger charge is -2.34. The van der Waals surface area contributed by atoms with Crippen LogP contribution in [0.3, 0.4) is 0 Å². The lowest BCUT2D eigenvalue weighted by Crippen LogP contribution is -2.44. The number of piperazine rings is 1. The van der Waals surface area contributed by atoms with Crippen molar-refractivity contribution in [2.75, 3.05) is 49.7 Å². The minimum absolute atomic E-state index is 0.239. The maximum absolute atomic E-state index is 14.5. The quantitative estimate of drug-likeness (QED) is 0.562. The molecule has 1 amide bonds. The van der Waals surface area contributed by atoms with Crippen LogP contribution in [0.1, 0.15) is 15.9 Å². The van der Waals surface area contributed by atoms with Gasteiger partial charge in [-0.15, -0.1) is 0 Å². The van der Waals surface area contributed by atoms with E-state index in [9.17, 15) is 13.7 Å². The number of carbonyl (C=O) groups excluding carboxylic acids is 1. The van der Waals surface area contributed by atoms with E-state index in [2.05, 4.69) is 17.3 Å². The fourth-order valence-electron chi connectivity index (χ4n) is 4.04. The number of benzene rings is 3. The van der Waals surface area contributed by atoms with Crippen molar-refractivity contribution in [3.63, 3.8) is 0 Å². The van der Waals surface area contributed by atoms with Crippen molar-refractivity contribution in [1.82, 2.24) is 4.90 Å². The Morgan fingerprint density at radius 1 is 1.00 bits per heavy atom. The van der Waals surface area contributed by atoms with Gasteiger partial charge in [-0.1, -0.05) is 6.07 Å². The standard InChI is InChI=1S/C26H28FN3O2S/c1-18-16-20(6-10-23(18)19-4-8-22(9-5-19)33(3)32)26(31)28-21-7-11-24(27)25(17-21)30-14-12-29(2)13-15-30/h4-11,16-17H,12-15H2,1-3H3,(H,28,31). The molecular weight excluding hydrogens is 437 g/mol. The van der Waals surface area contributed by atoms with Gasteiger partial charge in [-0.25, -0.2) is 4.39 Å². The van der Waals surface area contributed by atoms with Crippen LogP contribution < -0.4 is 10.2 Å². The number of hydrogen-bond donors (Lipinski definition) is 1. The van der Waals surface area contributed by atoms with E-state index in [4.69, 9.17) is 0 Å². The molecule has 0 aromatic heterocycles. The highest BCUT2D eigenvalue weighted by molar-refractivity contribution is 7.90. The molecule has 33 heavy (non-hydrogen) atoms. The Balaban J connectivity index is 1.50. The largest absolute Gasteiger partial charge is 0.612 e. The van der Waals surface area contributed by atoms with E-state index in [1.165, 1.54) is 6.07 Å². The summed E-state index contributed by atoms with van der Waals surface area (Å²) in [5.74, 6) is -0.520. The molecule has 1 atom stereocenters. The summed E-state index contributed by atoms with van der Waals surface area (Å²) < 4.78 is 26.1. The number of likely N-dealkylation sites (N-methyl/N-ethyl adjacent to an activating group) is 1. The molecule has 7 heteroatoms. The van der Waals surface area contributed by atoms with Crippen LogP contribution in [0.5, 0.6) is 0 Å². The van der Waals surface area contributed by atoms with Gasteiger partial charge in [0.2, 0.25) is 0 Å². The summed E-state index contributed by atoms with van der Waals surface area (Å²) in [6.07, 6.45) is 1.66. The van der Waals surface area contributed by atoms with E-state index < -0.39 is 11.2 Å². The first-order chi connectivity index (χ1) is 15.8. The molecule has 3 aromatic carbocycles. The molecule has 1 aliphatic heterocycles. The second-order valence-electron chi connectivity index (χ2n) is 8.42. The molecule has 4 rings (SSSR count). The van der Waals surface area contributed by atoms with Crippen molar-refractivity contribution in [3.8, 4) is 11.1 Å². The van der Waals surface area contributed by atoms with Gasteiger partial charge >= 0.3 is 0 Å². The van der Waals surface area contributed by atoms with Gasteiger partial charge in [0.05, 0.1) is 5.69 Å². The zero-order valence-electron chi connectivity index (χ0n) is 19.1. The Kier molecular flexibility index (Phi) is 7.02. The van der Waals surface area contributed by atoms with Crippen molar-refractivity contribution < 1.29 is 13.7 Å². The van der Waals surface area contributed by atoms with Gasteiger partial charge in [0.15, 0.2) is 4.90 Å².